The fourth-order valence-electron chi connectivity index (χ4n) is 3.79. The molecule has 4 rings (SSSR count). The Balaban J connectivity index is 1.31. The summed E-state index contributed by atoms with van der Waals surface area (Å²) >= 11 is 0. The molecule has 2 heterocycles. The maximum absolute atomic E-state index is 12.9. The number of para-hydroxylation sites is 1. The minimum atomic E-state index is -0.564. The van der Waals surface area contributed by atoms with Crippen LogP contribution in [0.25, 0.3) is 0 Å². The standard InChI is InChI=1S/C23H27NO5/c1-16-6-3-4-8-20(16)26-14-18-7-5-11-24(13-18)23(25)17(2)29-19-9-10-21-22(12-19)28-15-27-21/h3-4,6,8-10,12,17-18H,5,7,11,13-15H2,1-2H3/t17-,18+/m1/s1. The number of piperidine rings is 1. The fourth-order valence-corrected chi connectivity index (χ4v) is 3.79. The van der Waals surface area contributed by atoms with Gasteiger partial charge in [-0.3, -0.25) is 4.79 Å². The van der Waals surface area contributed by atoms with E-state index in [0.29, 0.717) is 36.3 Å². The Bertz CT molecular complexity index is 868. The number of aryl methyl sites for hydroxylation is 1. The van der Waals surface area contributed by atoms with E-state index in [4.69, 9.17) is 18.9 Å². The number of likely N-dealkylation sites (tertiary alicyclic amines) is 1. The van der Waals surface area contributed by atoms with Crippen molar-refractivity contribution in [1.82, 2.24) is 4.90 Å². The largest absolute Gasteiger partial charge is 0.493 e. The van der Waals surface area contributed by atoms with E-state index in [1.807, 2.05) is 36.1 Å². The normalized spacial score (nSPS) is 19.0. The van der Waals surface area contributed by atoms with E-state index in [9.17, 15) is 4.79 Å². The predicted octanol–water partition coefficient (Wildman–Crippen LogP) is 3.81. The van der Waals surface area contributed by atoms with Crippen molar-refractivity contribution in [2.75, 3.05) is 26.5 Å². The minimum absolute atomic E-state index is 0.00302. The zero-order valence-electron chi connectivity index (χ0n) is 16.9. The number of hydrogen-bond acceptors (Lipinski definition) is 5. The second kappa shape index (κ2) is 8.64. The molecule has 1 saturated heterocycles. The van der Waals surface area contributed by atoms with Gasteiger partial charge in [-0.2, -0.15) is 0 Å². The summed E-state index contributed by atoms with van der Waals surface area (Å²) < 4.78 is 22.6. The third kappa shape index (κ3) is 4.58. The molecule has 6 heteroatoms. The van der Waals surface area contributed by atoms with Crippen molar-refractivity contribution in [1.29, 1.82) is 0 Å². The molecule has 2 aromatic carbocycles. The summed E-state index contributed by atoms with van der Waals surface area (Å²) in [5.74, 6) is 3.19. The van der Waals surface area contributed by atoms with E-state index in [2.05, 4.69) is 0 Å². The third-order valence-corrected chi connectivity index (χ3v) is 5.40. The van der Waals surface area contributed by atoms with Crippen LogP contribution in [-0.2, 0) is 4.79 Å². The molecule has 154 valence electrons. The summed E-state index contributed by atoms with van der Waals surface area (Å²) in [6, 6.07) is 13.4. The van der Waals surface area contributed by atoms with Gasteiger partial charge in [-0.15, -0.1) is 0 Å². The van der Waals surface area contributed by atoms with Crippen molar-refractivity contribution in [2.24, 2.45) is 5.92 Å². The van der Waals surface area contributed by atoms with Crippen LogP contribution in [0.1, 0.15) is 25.3 Å². The summed E-state index contributed by atoms with van der Waals surface area (Å²) in [5, 5.41) is 0. The Morgan fingerprint density at radius 3 is 2.90 bits per heavy atom. The Hall–Kier alpha value is -2.89. The lowest BCUT2D eigenvalue weighted by Gasteiger charge is -2.34. The van der Waals surface area contributed by atoms with Crippen molar-refractivity contribution < 1.29 is 23.7 Å². The highest BCUT2D eigenvalue weighted by Gasteiger charge is 2.28. The Morgan fingerprint density at radius 2 is 2.03 bits per heavy atom. The lowest BCUT2D eigenvalue weighted by Crippen LogP contribution is -2.46. The van der Waals surface area contributed by atoms with Crippen LogP contribution >= 0.6 is 0 Å². The summed E-state index contributed by atoms with van der Waals surface area (Å²) in [7, 11) is 0. The molecule has 0 radical (unpaired) electrons. The highest BCUT2D eigenvalue weighted by molar-refractivity contribution is 5.81. The van der Waals surface area contributed by atoms with E-state index >= 15 is 0 Å². The molecule has 0 saturated carbocycles. The van der Waals surface area contributed by atoms with Crippen LogP contribution in [0.5, 0.6) is 23.0 Å². The topological polar surface area (TPSA) is 57.2 Å². The summed E-state index contributed by atoms with van der Waals surface area (Å²) in [6.45, 7) is 6.12. The van der Waals surface area contributed by atoms with Gasteiger partial charge in [0.05, 0.1) is 6.61 Å². The van der Waals surface area contributed by atoms with Gasteiger partial charge in [0, 0.05) is 25.1 Å². The highest BCUT2D eigenvalue weighted by atomic mass is 16.7. The molecular weight excluding hydrogens is 370 g/mol. The molecule has 0 aromatic heterocycles. The average molecular weight is 397 g/mol. The highest BCUT2D eigenvalue weighted by Crippen LogP contribution is 2.35. The summed E-state index contributed by atoms with van der Waals surface area (Å²) in [4.78, 5) is 14.8. The molecule has 2 aliphatic rings. The van der Waals surface area contributed by atoms with Crippen molar-refractivity contribution >= 4 is 5.91 Å². The number of nitrogens with zero attached hydrogens (tertiary/aromatic N) is 1. The minimum Gasteiger partial charge on any atom is -0.493 e. The smallest absolute Gasteiger partial charge is 0.263 e. The van der Waals surface area contributed by atoms with Gasteiger partial charge < -0.3 is 23.8 Å². The number of ether oxygens (including phenoxy) is 4. The molecule has 0 aliphatic carbocycles. The van der Waals surface area contributed by atoms with Crippen molar-refractivity contribution in [3.8, 4) is 23.0 Å². The van der Waals surface area contributed by atoms with Crippen molar-refractivity contribution in [3.05, 3.63) is 48.0 Å². The maximum atomic E-state index is 12.9. The molecule has 2 aliphatic heterocycles. The first-order chi connectivity index (χ1) is 14.1. The molecule has 0 N–H and O–H groups in total. The summed E-state index contributed by atoms with van der Waals surface area (Å²) in [6.07, 6.45) is 1.48. The molecule has 6 nitrogen and oxygen atoms in total. The van der Waals surface area contributed by atoms with E-state index in [0.717, 1.165) is 30.7 Å². The molecule has 0 bridgehead atoms. The van der Waals surface area contributed by atoms with Crippen LogP contribution in [0.4, 0.5) is 0 Å². The number of rotatable bonds is 6. The van der Waals surface area contributed by atoms with E-state index < -0.39 is 6.10 Å². The monoisotopic (exact) mass is 397 g/mol. The fraction of sp³-hybridized carbons (Fsp3) is 0.435. The number of hydrogen-bond donors (Lipinski definition) is 0. The first-order valence-corrected chi connectivity index (χ1v) is 10.1. The molecular formula is C23H27NO5. The predicted molar refractivity (Wildman–Crippen MR) is 109 cm³/mol. The van der Waals surface area contributed by atoms with Crippen LogP contribution < -0.4 is 18.9 Å². The second-order valence-corrected chi connectivity index (χ2v) is 7.64. The Kier molecular flexibility index (Phi) is 5.79. The molecule has 29 heavy (non-hydrogen) atoms. The number of benzene rings is 2. The number of carbonyl (C=O) groups is 1. The van der Waals surface area contributed by atoms with Crippen LogP contribution in [0.15, 0.2) is 42.5 Å². The van der Waals surface area contributed by atoms with Gasteiger partial charge in [-0.1, -0.05) is 18.2 Å². The third-order valence-electron chi connectivity index (χ3n) is 5.40. The van der Waals surface area contributed by atoms with Crippen LogP contribution in [0.2, 0.25) is 0 Å². The van der Waals surface area contributed by atoms with Gasteiger partial charge in [-0.05, 0) is 50.5 Å². The van der Waals surface area contributed by atoms with Gasteiger partial charge in [0.1, 0.15) is 11.5 Å². The van der Waals surface area contributed by atoms with E-state index in [1.165, 1.54) is 0 Å². The molecule has 1 fully saturated rings. The average Bonchev–Trinajstić information content (AvgIpc) is 3.20. The van der Waals surface area contributed by atoms with E-state index in [-0.39, 0.29) is 12.7 Å². The molecule has 0 spiro atoms. The summed E-state index contributed by atoms with van der Waals surface area (Å²) in [5.41, 5.74) is 1.13. The van der Waals surface area contributed by atoms with Crippen molar-refractivity contribution in [2.45, 2.75) is 32.8 Å². The molecule has 0 unspecified atom stereocenters. The second-order valence-electron chi connectivity index (χ2n) is 7.64. The first kappa shape index (κ1) is 19.4. The zero-order chi connectivity index (χ0) is 20.2. The Labute approximate surface area is 171 Å². The molecule has 2 atom stereocenters. The van der Waals surface area contributed by atoms with Crippen LogP contribution in [0, 0.1) is 12.8 Å². The van der Waals surface area contributed by atoms with Gasteiger partial charge >= 0.3 is 0 Å². The lowest BCUT2D eigenvalue weighted by molar-refractivity contribution is -0.140. The van der Waals surface area contributed by atoms with Crippen LogP contribution in [0.3, 0.4) is 0 Å². The van der Waals surface area contributed by atoms with Crippen LogP contribution in [-0.4, -0.2) is 43.4 Å². The quantitative estimate of drug-likeness (QED) is 0.742. The zero-order valence-corrected chi connectivity index (χ0v) is 16.9. The molecule has 2 aromatic rings. The molecule has 1 amide bonds. The van der Waals surface area contributed by atoms with Gasteiger partial charge in [0.2, 0.25) is 6.79 Å². The first-order valence-electron chi connectivity index (χ1n) is 10.1. The van der Waals surface area contributed by atoms with Gasteiger partial charge in [0.15, 0.2) is 17.6 Å². The van der Waals surface area contributed by atoms with Crippen molar-refractivity contribution in [3.63, 3.8) is 0 Å². The SMILES string of the molecule is Cc1ccccc1OC[C@H]1CCCN(C(=O)[C@@H](C)Oc2ccc3c(c2)OCO3)C1. The number of fused-ring (bicyclic) bond motifs is 1. The number of amides is 1. The van der Waals surface area contributed by atoms with E-state index in [1.54, 1.807) is 25.1 Å². The number of carbonyl (C=O) groups excluding carboxylic acids is 1. The van der Waals surface area contributed by atoms with Gasteiger partial charge in [0.25, 0.3) is 5.91 Å². The lowest BCUT2D eigenvalue weighted by atomic mass is 9.98. The van der Waals surface area contributed by atoms with Gasteiger partial charge in [-0.25, -0.2) is 0 Å². The Morgan fingerprint density at radius 1 is 1.21 bits per heavy atom. The maximum Gasteiger partial charge on any atom is 0.263 e.